The van der Waals surface area contributed by atoms with Gasteiger partial charge in [-0.15, -0.1) is 0 Å². The first-order valence-corrected chi connectivity index (χ1v) is 6.54. The highest BCUT2D eigenvalue weighted by molar-refractivity contribution is 9.11. The van der Waals surface area contributed by atoms with Crippen molar-refractivity contribution in [3.05, 3.63) is 68.2 Å². The molecular formula is C13H9BrF2N2O3. The average molecular weight is 359 g/mol. The summed E-state index contributed by atoms with van der Waals surface area (Å²) in [5.41, 5.74) is 2.75. The number of nitro groups is 1. The van der Waals surface area contributed by atoms with Gasteiger partial charge in [-0.05, 0) is 24.3 Å². The van der Waals surface area contributed by atoms with Gasteiger partial charge in [0.1, 0.15) is 11.6 Å². The Hall–Kier alpha value is -1.93. The maximum Gasteiger partial charge on any atom is 0.261 e. The number of benzene rings is 1. The normalized spacial score (nSPS) is 24.6. The van der Waals surface area contributed by atoms with Crippen LogP contribution in [0.25, 0.3) is 0 Å². The minimum absolute atomic E-state index is 0.354. The first-order valence-electron chi connectivity index (χ1n) is 5.75. The largest absolute Gasteiger partial charge is 0.309 e. The van der Waals surface area contributed by atoms with Crippen molar-refractivity contribution in [3.8, 4) is 0 Å². The van der Waals surface area contributed by atoms with E-state index in [0.717, 1.165) is 30.4 Å². The number of Topliss-reactive ketones (excluding diaryl/α,β-unsaturated/α-hetero) is 1. The Morgan fingerprint density at radius 3 is 2.48 bits per heavy atom. The van der Waals surface area contributed by atoms with E-state index in [1.54, 1.807) is 0 Å². The summed E-state index contributed by atoms with van der Waals surface area (Å²) in [7, 11) is 0. The molecule has 0 saturated heterocycles. The third-order valence-electron chi connectivity index (χ3n) is 3.14. The van der Waals surface area contributed by atoms with Crippen LogP contribution in [0.1, 0.15) is 10.4 Å². The Morgan fingerprint density at radius 1 is 1.38 bits per heavy atom. The predicted molar refractivity (Wildman–Crippen MR) is 74.5 cm³/mol. The molecule has 0 aromatic heterocycles. The fourth-order valence-corrected chi connectivity index (χ4v) is 2.42. The molecule has 0 aliphatic heterocycles. The molecule has 1 aromatic carbocycles. The number of rotatable bonds is 3. The average Bonchev–Trinajstić information content (AvgIpc) is 2.41. The highest BCUT2D eigenvalue weighted by Gasteiger charge is 2.50. The van der Waals surface area contributed by atoms with E-state index in [-0.39, 0.29) is 0 Å². The maximum atomic E-state index is 13.7. The molecule has 2 unspecified atom stereocenters. The topological polar surface area (TPSA) is 86.2 Å². The molecule has 5 nitrogen and oxygen atoms in total. The molecule has 0 radical (unpaired) electrons. The summed E-state index contributed by atoms with van der Waals surface area (Å²) < 4.78 is 27.7. The van der Waals surface area contributed by atoms with Crippen LogP contribution in [0.4, 0.5) is 8.78 Å². The molecule has 2 N–H and O–H groups in total. The molecule has 0 fully saturated rings. The molecule has 1 aliphatic carbocycles. The van der Waals surface area contributed by atoms with Gasteiger partial charge in [-0.2, -0.15) is 0 Å². The lowest BCUT2D eigenvalue weighted by molar-refractivity contribution is -0.514. The van der Waals surface area contributed by atoms with Crippen molar-refractivity contribution in [2.24, 2.45) is 5.73 Å². The molecule has 1 aliphatic rings. The second-order valence-corrected chi connectivity index (χ2v) is 5.39. The molecule has 2 rings (SSSR count). The maximum absolute atomic E-state index is 13.7. The zero-order chi connectivity index (χ0) is 15.8. The summed E-state index contributed by atoms with van der Waals surface area (Å²) in [4.78, 5) is 22.7. The molecule has 1 aromatic rings. The minimum Gasteiger partial charge on any atom is -0.309 e. The fraction of sp³-hybridized carbons (Fsp3) is 0.154. The van der Waals surface area contributed by atoms with Crippen LogP contribution in [0.2, 0.25) is 0 Å². The monoisotopic (exact) mass is 358 g/mol. The van der Waals surface area contributed by atoms with Crippen molar-refractivity contribution >= 4 is 21.7 Å². The van der Waals surface area contributed by atoms with E-state index in [1.807, 2.05) is 0 Å². The van der Waals surface area contributed by atoms with E-state index in [0.29, 0.717) is 4.48 Å². The molecule has 2 atom stereocenters. The highest BCUT2D eigenvalue weighted by atomic mass is 79.9. The van der Waals surface area contributed by atoms with Gasteiger partial charge in [-0.1, -0.05) is 22.0 Å². The SMILES string of the molecule is NC1(C(=O)c2c(F)cccc2F)C=CC(Br)=CC1[N+](=O)[O-]. The standard InChI is InChI=1S/C13H9BrF2N2O3/c14-7-4-5-13(17,10(6-7)18(20)21)12(19)11-8(15)2-1-3-9(11)16/h1-6,10H,17H2. The second kappa shape index (κ2) is 5.45. The Bertz CT molecular complexity index is 670. The molecule has 8 heteroatoms. The van der Waals surface area contributed by atoms with Gasteiger partial charge < -0.3 is 5.73 Å². The Labute approximate surface area is 126 Å². The van der Waals surface area contributed by atoms with Crippen LogP contribution in [0, 0.1) is 21.7 Å². The number of halogens is 3. The number of carbonyl (C=O) groups is 1. The summed E-state index contributed by atoms with van der Waals surface area (Å²) in [6.45, 7) is 0. The van der Waals surface area contributed by atoms with Crippen molar-refractivity contribution in [1.29, 1.82) is 0 Å². The first kappa shape index (κ1) is 15.5. The van der Waals surface area contributed by atoms with Crippen LogP contribution in [0.15, 0.2) is 40.9 Å². The number of nitrogens with zero attached hydrogens (tertiary/aromatic N) is 1. The molecule has 110 valence electrons. The molecule has 0 heterocycles. The third-order valence-corrected chi connectivity index (χ3v) is 3.66. The number of hydrogen-bond donors (Lipinski definition) is 1. The number of hydrogen-bond acceptors (Lipinski definition) is 4. The van der Waals surface area contributed by atoms with Gasteiger partial charge in [0.2, 0.25) is 0 Å². The Balaban J connectivity index is 2.56. The van der Waals surface area contributed by atoms with Crippen molar-refractivity contribution < 1.29 is 18.5 Å². The fourth-order valence-electron chi connectivity index (χ4n) is 2.04. The number of allylic oxidation sites excluding steroid dienone is 2. The van der Waals surface area contributed by atoms with E-state index in [4.69, 9.17) is 5.73 Å². The summed E-state index contributed by atoms with van der Waals surface area (Å²) in [6.07, 6.45) is 3.51. The first-order chi connectivity index (χ1) is 9.77. The van der Waals surface area contributed by atoms with Crippen molar-refractivity contribution in [3.63, 3.8) is 0 Å². The van der Waals surface area contributed by atoms with E-state index in [9.17, 15) is 23.7 Å². The lowest BCUT2D eigenvalue weighted by atomic mass is 9.80. The lowest BCUT2D eigenvalue weighted by Crippen LogP contribution is -2.59. The molecule has 0 spiro atoms. The third kappa shape index (κ3) is 2.64. The van der Waals surface area contributed by atoms with E-state index in [1.165, 1.54) is 6.08 Å². The van der Waals surface area contributed by atoms with E-state index >= 15 is 0 Å². The highest BCUT2D eigenvalue weighted by Crippen LogP contribution is 2.29. The zero-order valence-corrected chi connectivity index (χ0v) is 12.0. The smallest absolute Gasteiger partial charge is 0.261 e. The molecule has 0 amide bonds. The molecule has 0 bridgehead atoms. The van der Waals surface area contributed by atoms with Crippen LogP contribution in [-0.4, -0.2) is 22.3 Å². The van der Waals surface area contributed by atoms with E-state index in [2.05, 4.69) is 15.9 Å². The number of ketones is 1. The van der Waals surface area contributed by atoms with Gasteiger partial charge >= 0.3 is 0 Å². The Morgan fingerprint density at radius 2 is 1.95 bits per heavy atom. The van der Waals surface area contributed by atoms with Crippen LogP contribution < -0.4 is 5.73 Å². The van der Waals surface area contributed by atoms with Crippen LogP contribution >= 0.6 is 15.9 Å². The number of nitrogens with two attached hydrogens (primary N) is 1. The van der Waals surface area contributed by atoms with Gasteiger partial charge in [0.05, 0.1) is 5.56 Å². The van der Waals surface area contributed by atoms with Gasteiger partial charge in [0, 0.05) is 15.5 Å². The summed E-state index contributed by atoms with van der Waals surface area (Å²) >= 11 is 3.04. The summed E-state index contributed by atoms with van der Waals surface area (Å²) in [6, 6.07) is 1.23. The minimum atomic E-state index is -2.16. The van der Waals surface area contributed by atoms with Crippen LogP contribution in [0.5, 0.6) is 0 Å². The second-order valence-electron chi connectivity index (χ2n) is 4.47. The summed E-state index contributed by atoms with van der Waals surface area (Å²) in [5.74, 6) is -3.42. The molecule has 0 saturated carbocycles. The summed E-state index contributed by atoms with van der Waals surface area (Å²) in [5, 5.41) is 11.1. The van der Waals surface area contributed by atoms with Gasteiger partial charge in [-0.3, -0.25) is 14.9 Å². The van der Waals surface area contributed by atoms with Crippen LogP contribution in [-0.2, 0) is 0 Å². The van der Waals surface area contributed by atoms with Gasteiger partial charge in [0.25, 0.3) is 6.04 Å². The quantitative estimate of drug-likeness (QED) is 0.510. The molecular weight excluding hydrogens is 350 g/mol. The number of carbonyl (C=O) groups excluding carboxylic acids is 1. The van der Waals surface area contributed by atoms with Crippen molar-refractivity contribution in [2.45, 2.75) is 11.6 Å². The van der Waals surface area contributed by atoms with E-state index < -0.39 is 39.5 Å². The van der Waals surface area contributed by atoms with Crippen LogP contribution in [0.3, 0.4) is 0 Å². The lowest BCUT2D eigenvalue weighted by Gasteiger charge is -2.28. The Kier molecular flexibility index (Phi) is 4.02. The predicted octanol–water partition coefficient (Wildman–Crippen LogP) is 2.34. The van der Waals surface area contributed by atoms with Gasteiger partial charge in [-0.25, -0.2) is 8.78 Å². The van der Waals surface area contributed by atoms with Crippen molar-refractivity contribution in [2.75, 3.05) is 0 Å². The van der Waals surface area contributed by atoms with Gasteiger partial charge in [0.15, 0.2) is 11.3 Å². The zero-order valence-electron chi connectivity index (χ0n) is 10.4. The molecule has 21 heavy (non-hydrogen) atoms. The van der Waals surface area contributed by atoms with Crippen molar-refractivity contribution in [1.82, 2.24) is 0 Å².